The maximum atomic E-state index is 14.0. The average Bonchev–Trinajstić information content (AvgIpc) is 3.55. The van der Waals surface area contributed by atoms with E-state index in [0.717, 1.165) is 96.9 Å². The lowest BCUT2D eigenvalue weighted by Gasteiger charge is -2.33. The third-order valence-electron chi connectivity index (χ3n) is 9.05. The molecule has 3 aliphatic rings. The fraction of sp³-hybridized carbons (Fsp3) is 0.353. The first-order valence-corrected chi connectivity index (χ1v) is 15.5. The number of imidazole rings is 1. The van der Waals surface area contributed by atoms with Gasteiger partial charge in [0.05, 0.1) is 23.6 Å². The zero-order valence-electron chi connectivity index (χ0n) is 24.1. The second-order valence-electron chi connectivity index (χ2n) is 12.0. The first-order chi connectivity index (χ1) is 21.2. The molecule has 2 saturated heterocycles. The molecule has 1 aliphatic carbocycles. The van der Waals surface area contributed by atoms with E-state index in [1.807, 2.05) is 59.4 Å². The van der Waals surface area contributed by atoms with Crippen LogP contribution in [0.4, 0.5) is 16.0 Å². The zero-order chi connectivity index (χ0) is 28.8. The Hall–Kier alpha value is -4.37. The number of rotatable bonds is 7. The third-order valence-corrected chi connectivity index (χ3v) is 9.05. The summed E-state index contributed by atoms with van der Waals surface area (Å²) in [5.74, 6) is 1.65. The van der Waals surface area contributed by atoms with E-state index in [1.165, 1.54) is 18.9 Å². The van der Waals surface area contributed by atoms with Crippen molar-refractivity contribution in [2.24, 2.45) is 0 Å². The molecule has 1 aromatic carbocycles. The molecule has 4 aromatic heterocycles. The molecule has 0 bridgehead atoms. The van der Waals surface area contributed by atoms with Gasteiger partial charge in [-0.05, 0) is 92.6 Å². The van der Waals surface area contributed by atoms with Gasteiger partial charge in [-0.25, -0.2) is 23.9 Å². The Morgan fingerprint density at radius 2 is 1.60 bits per heavy atom. The Morgan fingerprint density at radius 3 is 2.47 bits per heavy atom. The number of hydrogen-bond donors (Lipinski definition) is 1. The van der Waals surface area contributed by atoms with E-state index in [-0.39, 0.29) is 11.9 Å². The first-order valence-electron chi connectivity index (χ1n) is 15.5. The van der Waals surface area contributed by atoms with E-state index >= 15 is 0 Å². The van der Waals surface area contributed by atoms with Gasteiger partial charge >= 0.3 is 0 Å². The fourth-order valence-corrected chi connectivity index (χ4v) is 6.64. The van der Waals surface area contributed by atoms with Crippen LogP contribution in [0.5, 0.6) is 0 Å². The van der Waals surface area contributed by atoms with Crippen molar-refractivity contribution in [1.29, 1.82) is 0 Å². The normalized spacial score (nSPS) is 19.4. The second kappa shape index (κ2) is 11.0. The number of benzene rings is 1. The fourth-order valence-electron chi connectivity index (χ4n) is 6.64. The highest BCUT2D eigenvalue weighted by molar-refractivity contribution is 5.68. The smallest absolute Gasteiger partial charge is 0.154 e. The number of aromatic nitrogens is 5. The summed E-state index contributed by atoms with van der Waals surface area (Å²) < 4.78 is 15.9. The Balaban J connectivity index is 1.06. The van der Waals surface area contributed by atoms with Crippen LogP contribution in [-0.4, -0.2) is 56.3 Å². The summed E-state index contributed by atoms with van der Waals surface area (Å²) in [6, 6.07) is 22.7. The van der Waals surface area contributed by atoms with Crippen LogP contribution in [0.25, 0.3) is 28.3 Å². The quantitative estimate of drug-likeness (QED) is 0.254. The molecule has 0 spiro atoms. The Morgan fingerprint density at radius 1 is 0.767 bits per heavy atom. The minimum absolute atomic E-state index is 0.0928. The summed E-state index contributed by atoms with van der Waals surface area (Å²) in [5.41, 5.74) is 5.32. The highest BCUT2D eigenvalue weighted by Crippen LogP contribution is 2.36. The maximum absolute atomic E-state index is 14.0. The van der Waals surface area contributed by atoms with E-state index in [4.69, 9.17) is 15.1 Å². The molecule has 218 valence electrons. The SMILES string of the molecule is Fc1cccc([C@H]2CCCN2c2ccc3ncc(-c4cccc(-c5ccnc(N6CCC(NC7CC7)CC6)c5)n4)n3n2)c1. The minimum atomic E-state index is -0.206. The van der Waals surface area contributed by atoms with E-state index < -0.39 is 0 Å². The van der Waals surface area contributed by atoms with Crippen molar-refractivity contribution >= 4 is 17.3 Å². The third kappa shape index (κ3) is 5.33. The zero-order valence-corrected chi connectivity index (χ0v) is 24.1. The van der Waals surface area contributed by atoms with Gasteiger partial charge in [-0.15, -0.1) is 5.10 Å². The number of hydrogen-bond acceptors (Lipinski definition) is 7. The highest BCUT2D eigenvalue weighted by Gasteiger charge is 2.29. The van der Waals surface area contributed by atoms with Crippen molar-refractivity contribution in [1.82, 2.24) is 29.9 Å². The summed E-state index contributed by atoms with van der Waals surface area (Å²) in [4.78, 5) is 19.1. The molecular weight excluding hydrogens is 539 g/mol. The molecule has 0 amide bonds. The van der Waals surface area contributed by atoms with Gasteiger partial charge in [0, 0.05) is 43.5 Å². The van der Waals surface area contributed by atoms with Gasteiger partial charge in [0.15, 0.2) is 5.65 Å². The summed E-state index contributed by atoms with van der Waals surface area (Å²) in [7, 11) is 0. The van der Waals surface area contributed by atoms with Crippen LogP contribution >= 0.6 is 0 Å². The number of piperidine rings is 1. The molecule has 3 fully saturated rings. The lowest BCUT2D eigenvalue weighted by molar-refractivity contribution is 0.411. The van der Waals surface area contributed by atoms with Gasteiger partial charge in [-0.3, -0.25) is 0 Å². The molecule has 0 radical (unpaired) electrons. The van der Waals surface area contributed by atoms with Crippen LogP contribution in [0.2, 0.25) is 0 Å². The van der Waals surface area contributed by atoms with Gasteiger partial charge < -0.3 is 15.1 Å². The molecule has 6 heterocycles. The minimum Gasteiger partial charge on any atom is -0.356 e. The Kier molecular flexibility index (Phi) is 6.74. The van der Waals surface area contributed by atoms with Gasteiger partial charge in [-0.2, -0.15) is 0 Å². The highest BCUT2D eigenvalue weighted by atomic mass is 19.1. The number of anilines is 2. The Labute approximate surface area is 250 Å². The van der Waals surface area contributed by atoms with Crippen LogP contribution in [0.15, 0.2) is 79.1 Å². The lowest BCUT2D eigenvalue weighted by atomic mass is 10.0. The van der Waals surface area contributed by atoms with E-state index in [2.05, 4.69) is 26.2 Å². The number of nitrogens with one attached hydrogen (secondary N) is 1. The topological polar surface area (TPSA) is 74.5 Å². The molecule has 1 atom stereocenters. The van der Waals surface area contributed by atoms with Crippen LogP contribution in [0, 0.1) is 5.82 Å². The van der Waals surface area contributed by atoms with Crippen LogP contribution < -0.4 is 15.1 Å². The molecule has 5 aromatic rings. The molecule has 8 nitrogen and oxygen atoms in total. The van der Waals surface area contributed by atoms with E-state index in [1.54, 1.807) is 12.1 Å². The van der Waals surface area contributed by atoms with Crippen LogP contribution in [0.3, 0.4) is 0 Å². The molecule has 2 aliphatic heterocycles. The number of nitrogens with zero attached hydrogens (tertiary/aromatic N) is 7. The van der Waals surface area contributed by atoms with Crippen molar-refractivity contribution < 1.29 is 4.39 Å². The van der Waals surface area contributed by atoms with Crippen molar-refractivity contribution in [3.8, 4) is 22.6 Å². The molecule has 1 N–H and O–H groups in total. The van der Waals surface area contributed by atoms with Crippen LogP contribution in [0.1, 0.15) is 50.1 Å². The summed E-state index contributed by atoms with van der Waals surface area (Å²) in [5, 5.41) is 8.80. The van der Waals surface area contributed by atoms with Crippen LogP contribution in [-0.2, 0) is 0 Å². The number of fused-ring (bicyclic) bond motifs is 1. The predicted octanol–water partition coefficient (Wildman–Crippen LogP) is 6.05. The van der Waals surface area contributed by atoms with Gasteiger partial charge in [0.1, 0.15) is 23.1 Å². The van der Waals surface area contributed by atoms with Crippen molar-refractivity contribution in [3.63, 3.8) is 0 Å². The Bertz CT molecular complexity index is 1760. The lowest BCUT2D eigenvalue weighted by Crippen LogP contribution is -2.43. The predicted molar refractivity (Wildman–Crippen MR) is 167 cm³/mol. The molecule has 1 saturated carbocycles. The van der Waals surface area contributed by atoms with E-state index in [9.17, 15) is 4.39 Å². The average molecular weight is 575 g/mol. The molecule has 0 unspecified atom stereocenters. The number of halogens is 1. The van der Waals surface area contributed by atoms with Crippen molar-refractivity contribution in [2.45, 2.75) is 56.7 Å². The van der Waals surface area contributed by atoms with Gasteiger partial charge in [-0.1, -0.05) is 18.2 Å². The summed E-state index contributed by atoms with van der Waals surface area (Å²) in [6.07, 6.45) is 10.7. The number of pyridine rings is 2. The standard InChI is InChI=1S/C34H35FN8/c35-25-5-1-4-24(20-25)30-8-3-17-42(30)33-12-11-32-37-22-31(43(32)40-33)29-7-2-6-28(39-29)23-13-16-36-34(21-23)41-18-14-27(15-19-41)38-26-9-10-26/h1-2,4-7,11-13,16,20-22,26-27,30,38H,3,8-10,14-15,17-19H2/t30-/m1/s1. The van der Waals surface area contributed by atoms with E-state index in [0.29, 0.717) is 6.04 Å². The summed E-state index contributed by atoms with van der Waals surface area (Å²) in [6.45, 7) is 2.90. The van der Waals surface area contributed by atoms with Gasteiger partial charge in [0.25, 0.3) is 0 Å². The second-order valence-corrected chi connectivity index (χ2v) is 12.0. The largest absolute Gasteiger partial charge is 0.356 e. The first kappa shape index (κ1) is 26.3. The molecular formula is C34H35FN8. The van der Waals surface area contributed by atoms with Crippen molar-refractivity contribution in [2.75, 3.05) is 29.4 Å². The van der Waals surface area contributed by atoms with Gasteiger partial charge in [0.2, 0.25) is 0 Å². The molecule has 9 heteroatoms. The molecule has 43 heavy (non-hydrogen) atoms. The summed E-state index contributed by atoms with van der Waals surface area (Å²) >= 11 is 0. The maximum Gasteiger partial charge on any atom is 0.154 e. The monoisotopic (exact) mass is 574 g/mol. The molecule has 8 rings (SSSR count). The van der Waals surface area contributed by atoms with Crippen molar-refractivity contribution in [3.05, 3.63) is 90.5 Å².